The van der Waals surface area contributed by atoms with Crippen LogP contribution < -0.4 is 5.32 Å². The Balaban J connectivity index is 1.54. The van der Waals surface area contributed by atoms with Crippen LogP contribution in [0.1, 0.15) is 0 Å². The molecule has 27 heavy (non-hydrogen) atoms. The number of rotatable bonds is 6. The molecule has 0 atom stereocenters. The first-order valence-electron chi connectivity index (χ1n) is 8.63. The van der Waals surface area contributed by atoms with Gasteiger partial charge in [0.2, 0.25) is 10.0 Å². The first-order valence-corrected chi connectivity index (χ1v) is 10.1. The van der Waals surface area contributed by atoms with E-state index < -0.39 is 10.0 Å². The average Bonchev–Trinajstić information content (AvgIpc) is 3.14. The van der Waals surface area contributed by atoms with Gasteiger partial charge in [-0.1, -0.05) is 18.2 Å². The van der Waals surface area contributed by atoms with Crippen molar-refractivity contribution < 1.29 is 17.9 Å². The van der Waals surface area contributed by atoms with Gasteiger partial charge in [0.1, 0.15) is 0 Å². The van der Waals surface area contributed by atoms with Crippen LogP contribution in [0.5, 0.6) is 0 Å². The topological polar surface area (TPSA) is 96.8 Å². The van der Waals surface area contributed by atoms with Crippen molar-refractivity contribution in [2.24, 2.45) is 0 Å². The summed E-state index contributed by atoms with van der Waals surface area (Å²) in [5.41, 5.74) is 0.593. The van der Waals surface area contributed by atoms with Gasteiger partial charge in [0.05, 0.1) is 29.9 Å². The third-order valence-electron chi connectivity index (χ3n) is 4.32. The number of urea groups is 1. The van der Waals surface area contributed by atoms with Gasteiger partial charge in [0.25, 0.3) is 0 Å². The summed E-state index contributed by atoms with van der Waals surface area (Å²) in [4.78, 5) is 14.3. The van der Waals surface area contributed by atoms with Crippen molar-refractivity contribution in [1.82, 2.24) is 19.0 Å². The van der Waals surface area contributed by atoms with Crippen molar-refractivity contribution in [3.05, 3.63) is 42.7 Å². The van der Waals surface area contributed by atoms with Gasteiger partial charge in [-0.3, -0.25) is 4.68 Å². The van der Waals surface area contributed by atoms with E-state index in [1.54, 1.807) is 59.4 Å². The molecule has 0 radical (unpaired) electrons. The number of methoxy groups -OCH3 is 1. The van der Waals surface area contributed by atoms with Gasteiger partial charge in [0.15, 0.2) is 0 Å². The molecule has 1 N–H and O–H groups in total. The summed E-state index contributed by atoms with van der Waals surface area (Å²) >= 11 is 0. The monoisotopic (exact) mass is 393 g/mol. The molecule has 1 aliphatic rings. The van der Waals surface area contributed by atoms with Crippen LogP contribution in [0.15, 0.2) is 47.6 Å². The van der Waals surface area contributed by atoms with Gasteiger partial charge in [-0.05, 0) is 12.1 Å². The van der Waals surface area contributed by atoms with Crippen LogP contribution in [0.2, 0.25) is 0 Å². The predicted molar refractivity (Wildman–Crippen MR) is 99.9 cm³/mol. The van der Waals surface area contributed by atoms with Crippen molar-refractivity contribution in [3.8, 4) is 0 Å². The van der Waals surface area contributed by atoms with E-state index in [0.29, 0.717) is 31.9 Å². The van der Waals surface area contributed by atoms with Crippen molar-refractivity contribution in [3.63, 3.8) is 0 Å². The van der Waals surface area contributed by atoms with Crippen molar-refractivity contribution in [1.29, 1.82) is 0 Å². The van der Waals surface area contributed by atoms with E-state index in [1.165, 1.54) is 4.31 Å². The highest BCUT2D eigenvalue weighted by Crippen LogP contribution is 2.17. The molecule has 1 aromatic heterocycles. The molecule has 2 aromatic rings. The first-order chi connectivity index (χ1) is 13.0. The molecular formula is C17H23N5O4S. The Morgan fingerprint density at radius 2 is 1.89 bits per heavy atom. The molecule has 0 aliphatic carbocycles. The predicted octanol–water partition coefficient (Wildman–Crippen LogP) is 1.07. The lowest BCUT2D eigenvalue weighted by Crippen LogP contribution is -2.51. The lowest BCUT2D eigenvalue weighted by atomic mass is 10.4. The Morgan fingerprint density at radius 1 is 1.19 bits per heavy atom. The fourth-order valence-corrected chi connectivity index (χ4v) is 4.25. The zero-order chi connectivity index (χ0) is 19.3. The largest absolute Gasteiger partial charge is 0.383 e. The molecule has 2 amide bonds. The number of benzene rings is 1. The number of sulfonamides is 1. The van der Waals surface area contributed by atoms with Gasteiger partial charge in [-0.15, -0.1) is 0 Å². The number of piperazine rings is 1. The van der Waals surface area contributed by atoms with Crippen LogP contribution in [-0.4, -0.2) is 73.3 Å². The fraction of sp³-hybridized carbons (Fsp3) is 0.412. The summed E-state index contributed by atoms with van der Waals surface area (Å²) < 4.78 is 33.3. The van der Waals surface area contributed by atoms with Crippen molar-refractivity contribution >= 4 is 21.7 Å². The van der Waals surface area contributed by atoms with E-state index in [1.807, 2.05) is 0 Å². The van der Waals surface area contributed by atoms with E-state index >= 15 is 0 Å². The summed E-state index contributed by atoms with van der Waals surface area (Å²) in [5, 5.41) is 6.93. The molecule has 9 nitrogen and oxygen atoms in total. The molecule has 0 saturated carbocycles. The molecular weight excluding hydrogens is 370 g/mol. The van der Waals surface area contributed by atoms with Crippen LogP contribution in [0, 0.1) is 0 Å². The molecule has 0 unspecified atom stereocenters. The van der Waals surface area contributed by atoms with Crippen LogP contribution in [0.3, 0.4) is 0 Å². The van der Waals surface area contributed by atoms with E-state index in [9.17, 15) is 13.2 Å². The molecule has 3 rings (SSSR count). The highest BCUT2D eigenvalue weighted by molar-refractivity contribution is 7.89. The Bertz CT molecular complexity index is 860. The summed E-state index contributed by atoms with van der Waals surface area (Å²) in [6.45, 7) is 2.32. The quantitative estimate of drug-likeness (QED) is 0.792. The van der Waals surface area contributed by atoms with Crippen molar-refractivity contribution in [2.75, 3.05) is 45.2 Å². The van der Waals surface area contributed by atoms with Gasteiger partial charge >= 0.3 is 6.03 Å². The molecule has 0 bridgehead atoms. The summed E-state index contributed by atoms with van der Waals surface area (Å²) in [6, 6.07) is 8.06. The summed E-state index contributed by atoms with van der Waals surface area (Å²) in [7, 11) is -1.91. The maximum atomic E-state index is 12.6. The zero-order valence-electron chi connectivity index (χ0n) is 15.1. The highest BCUT2D eigenvalue weighted by Gasteiger charge is 2.30. The fourth-order valence-electron chi connectivity index (χ4n) is 2.81. The van der Waals surface area contributed by atoms with Gasteiger partial charge in [0, 0.05) is 39.5 Å². The lowest BCUT2D eigenvalue weighted by molar-refractivity contribution is 0.183. The number of aromatic nitrogens is 2. The maximum absolute atomic E-state index is 12.6. The number of amides is 2. The Morgan fingerprint density at radius 3 is 2.56 bits per heavy atom. The minimum atomic E-state index is -3.53. The van der Waals surface area contributed by atoms with Gasteiger partial charge < -0.3 is 15.0 Å². The van der Waals surface area contributed by atoms with Gasteiger partial charge in [-0.2, -0.15) is 9.40 Å². The third kappa shape index (κ3) is 4.65. The molecule has 2 heterocycles. The lowest BCUT2D eigenvalue weighted by Gasteiger charge is -2.33. The van der Waals surface area contributed by atoms with Crippen LogP contribution in [0.4, 0.5) is 10.5 Å². The van der Waals surface area contributed by atoms with Gasteiger partial charge in [-0.25, -0.2) is 13.2 Å². The number of nitrogens with zero attached hydrogens (tertiary/aromatic N) is 4. The second-order valence-corrected chi connectivity index (χ2v) is 8.06. The number of carbonyl (C=O) groups excluding carboxylic acids is 1. The number of ether oxygens (including phenoxy) is 1. The second-order valence-electron chi connectivity index (χ2n) is 6.12. The highest BCUT2D eigenvalue weighted by atomic mass is 32.2. The van der Waals surface area contributed by atoms with E-state index in [4.69, 9.17) is 4.74 Å². The Labute approximate surface area is 158 Å². The molecule has 1 fully saturated rings. The van der Waals surface area contributed by atoms with Crippen LogP contribution in [0.25, 0.3) is 0 Å². The molecule has 146 valence electrons. The number of hydrogen-bond acceptors (Lipinski definition) is 5. The smallest absolute Gasteiger partial charge is 0.322 e. The van der Waals surface area contributed by atoms with E-state index in [2.05, 4.69) is 10.4 Å². The Hall–Kier alpha value is -2.43. The number of carbonyl (C=O) groups is 1. The number of hydrogen-bond donors (Lipinski definition) is 1. The average molecular weight is 393 g/mol. The second kappa shape index (κ2) is 8.51. The summed E-state index contributed by atoms with van der Waals surface area (Å²) in [6.07, 6.45) is 3.30. The normalized spacial score (nSPS) is 15.7. The minimum absolute atomic E-state index is 0.262. The SMILES string of the molecule is COCCn1cc(NC(=O)N2CCN(S(=O)(=O)c3ccccc3)CC2)cn1. The minimum Gasteiger partial charge on any atom is -0.383 e. The first kappa shape index (κ1) is 19.3. The molecule has 1 aliphatic heterocycles. The third-order valence-corrected chi connectivity index (χ3v) is 6.23. The number of anilines is 1. The zero-order valence-corrected chi connectivity index (χ0v) is 15.9. The maximum Gasteiger partial charge on any atom is 0.322 e. The van der Waals surface area contributed by atoms with Crippen LogP contribution >= 0.6 is 0 Å². The number of nitrogens with one attached hydrogen (secondary N) is 1. The van der Waals surface area contributed by atoms with E-state index in [-0.39, 0.29) is 24.0 Å². The molecule has 1 aromatic carbocycles. The summed E-state index contributed by atoms with van der Waals surface area (Å²) in [5.74, 6) is 0. The van der Waals surface area contributed by atoms with E-state index in [0.717, 1.165) is 0 Å². The molecule has 1 saturated heterocycles. The van der Waals surface area contributed by atoms with Crippen molar-refractivity contribution in [2.45, 2.75) is 11.4 Å². The molecule has 10 heteroatoms. The van der Waals surface area contributed by atoms with Crippen LogP contribution in [-0.2, 0) is 21.3 Å². The molecule has 0 spiro atoms. The Kier molecular flexibility index (Phi) is 6.09. The standard InChI is InChI=1S/C17H23N5O4S/c1-26-12-11-21-14-15(13-18-21)19-17(23)20-7-9-22(10-8-20)27(24,25)16-5-3-2-4-6-16/h2-6,13-14H,7-12H2,1H3,(H,19,23).